The van der Waals surface area contributed by atoms with E-state index in [0.717, 1.165) is 31.2 Å². The molecule has 3 aromatic rings. The zero-order valence-corrected chi connectivity index (χ0v) is 20.5. The van der Waals surface area contributed by atoms with Crippen LogP contribution >= 0.6 is 0 Å². The molecule has 37 heavy (non-hydrogen) atoms. The molecule has 1 aliphatic heterocycles. The lowest BCUT2D eigenvalue weighted by molar-refractivity contribution is -0.160. The van der Waals surface area contributed by atoms with Gasteiger partial charge in [0.15, 0.2) is 6.10 Å². The van der Waals surface area contributed by atoms with Gasteiger partial charge in [-0.15, -0.1) is 0 Å². The van der Waals surface area contributed by atoms with Gasteiger partial charge in [-0.05, 0) is 36.1 Å². The Balaban J connectivity index is 1.45. The van der Waals surface area contributed by atoms with E-state index >= 15 is 4.39 Å². The molecule has 7 heteroatoms. The molecule has 5 rings (SSSR count). The van der Waals surface area contributed by atoms with Crippen molar-refractivity contribution < 1.29 is 28.6 Å². The summed E-state index contributed by atoms with van der Waals surface area (Å²) in [4.78, 5) is 27.5. The second-order valence-corrected chi connectivity index (χ2v) is 9.63. The fourth-order valence-corrected chi connectivity index (χ4v) is 5.22. The van der Waals surface area contributed by atoms with Crippen molar-refractivity contribution in [2.24, 2.45) is 0 Å². The summed E-state index contributed by atoms with van der Waals surface area (Å²) in [6.07, 6.45) is 2.72. The van der Waals surface area contributed by atoms with Crippen LogP contribution in [0.1, 0.15) is 54.0 Å². The maximum atomic E-state index is 15.1. The van der Waals surface area contributed by atoms with E-state index in [4.69, 9.17) is 9.47 Å². The highest BCUT2D eigenvalue weighted by molar-refractivity contribution is 5.88. The number of ether oxygens (including phenoxy) is 2. The molecule has 0 aromatic heterocycles. The first kappa shape index (κ1) is 25.0. The van der Waals surface area contributed by atoms with Crippen molar-refractivity contribution in [1.29, 1.82) is 0 Å². The molecule has 6 nitrogen and oxygen atoms in total. The van der Waals surface area contributed by atoms with Crippen LogP contribution in [0.4, 0.5) is 4.39 Å². The first-order chi connectivity index (χ1) is 18.0. The monoisotopic (exact) mass is 503 g/mol. The molecule has 3 aromatic carbocycles. The number of carbonyl (C=O) groups is 2. The van der Waals surface area contributed by atoms with Crippen molar-refractivity contribution in [3.8, 4) is 5.75 Å². The number of carboxylic acid groups (broad SMARTS) is 1. The van der Waals surface area contributed by atoms with E-state index in [0.29, 0.717) is 16.9 Å². The molecule has 0 saturated heterocycles. The Morgan fingerprint density at radius 1 is 0.946 bits per heavy atom. The number of carboxylic acids is 1. The van der Waals surface area contributed by atoms with E-state index in [1.807, 2.05) is 48.5 Å². The fraction of sp³-hybridized carbons (Fsp3) is 0.333. The molecule has 1 N–H and O–H groups in total. The number of hydrogen-bond acceptors (Lipinski definition) is 4. The Kier molecular flexibility index (Phi) is 7.51. The van der Waals surface area contributed by atoms with Gasteiger partial charge in [0.05, 0.1) is 6.10 Å². The van der Waals surface area contributed by atoms with Crippen molar-refractivity contribution >= 4 is 11.9 Å². The molecule has 0 bridgehead atoms. The van der Waals surface area contributed by atoms with Gasteiger partial charge in [-0.3, -0.25) is 4.79 Å². The van der Waals surface area contributed by atoms with Crippen molar-refractivity contribution in [2.75, 3.05) is 0 Å². The van der Waals surface area contributed by atoms with Gasteiger partial charge in [0, 0.05) is 24.1 Å². The average Bonchev–Trinajstić information content (AvgIpc) is 3.45. The van der Waals surface area contributed by atoms with Gasteiger partial charge < -0.3 is 19.5 Å². The summed E-state index contributed by atoms with van der Waals surface area (Å²) in [7, 11) is 0. The summed E-state index contributed by atoms with van der Waals surface area (Å²) >= 11 is 0. The molecule has 0 radical (unpaired) electrons. The molecule has 1 heterocycles. The number of amides is 1. The summed E-state index contributed by atoms with van der Waals surface area (Å²) < 4.78 is 27.3. The van der Waals surface area contributed by atoms with Crippen LogP contribution in [-0.4, -0.2) is 34.0 Å². The summed E-state index contributed by atoms with van der Waals surface area (Å²) in [5, 5.41) is 10.1. The highest BCUT2D eigenvalue weighted by Gasteiger charge is 2.41. The van der Waals surface area contributed by atoms with Crippen LogP contribution in [0.25, 0.3) is 0 Å². The maximum absolute atomic E-state index is 15.1. The molecule has 1 amide bonds. The van der Waals surface area contributed by atoms with E-state index in [-0.39, 0.29) is 31.2 Å². The molecule has 0 spiro atoms. The van der Waals surface area contributed by atoms with Gasteiger partial charge in [0.1, 0.15) is 24.2 Å². The first-order valence-electron chi connectivity index (χ1n) is 12.7. The van der Waals surface area contributed by atoms with Crippen LogP contribution < -0.4 is 4.74 Å². The topological polar surface area (TPSA) is 76.1 Å². The van der Waals surface area contributed by atoms with Crippen molar-refractivity contribution in [2.45, 2.75) is 63.5 Å². The van der Waals surface area contributed by atoms with Gasteiger partial charge in [0.25, 0.3) is 5.91 Å². The molecule has 2 atom stereocenters. The third kappa shape index (κ3) is 5.52. The second-order valence-electron chi connectivity index (χ2n) is 9.63. The van der Waals surface area contributed by atoms with Crippen molar-refractivity contribution in [1.82, 2.24) is 4.90 Å². The lowest BCUT2D eigenvalue weighted by atomic mass is 9.91. The maximum Gasteiger partial charge on any atom is 0.326 e. The number of fused-ring (bicyclic) bond motifs is 1. The Labute approximate surface area is 215 Å². The Morgan fingerprint density at radius 3 is 2.30 bits per heavy atom. The van der Waals surface area contributed by atoms with Crippen LogP contribution in [0, 0.1) is 5.82 Å². The molecule has 1 fully saturated rings. The lowest BCUT2D eigenvalue weighted by Gasteiger charge is -2.37. The smallest absolute Gasteiger partial charge is 0.326 e. The molecule has 1 aliphatic carbocycles. The Bertz CT molecular complexity index is 1240. The fourth-order valence-electron chi connectivity index (χ4n) is 5.22. The highest BCUT2D eigenvalue weighted by atomic mass is 19.1. The number of aliphatic carboxylic acids is 1. The number of benzene rings is 3. The number of hydrogen-bond donors (Lipinski definition) is 1. The summed E-state index contributed by atoms with van der Waals surface area (Å²) in [6.45, 7) is 0.0987. The van der Waals surface area contributed by atoms with Crippen LogP contribution in [0.15, 0.2) is 72.8 Å². The summed E-state index contributed by atoms with van der Waals surface area (Å²) in [5.74, 6) is -1.67. The second kappa shape index (κ2) is 11.1. The van der Waals surface area contributed by atoms with Crippen LogP contribution in [-0.2, 0) is 33.9 Å². The summed E-state index contributed by atoms with van der Waals surface area (Å²) in [6, 6.07) is 20.3. The zero-order valence-electron chi connectivity index (χ0n) is 20.5. The molecular weight excluding hydrogens is 473 g/mol. The van der Waals surface area contributed by atoms with E-state index in [1.54, 1.807) is 12.1 Å². The van der Waals surface area contributed by atoms with E-state index < -0.39 is 29.8 Å². The van der Waals surface area contributed by atoms with Gasteiger partial charge in [-0.1, -0.05) is 73.5 Å². The van der Waals surface area contributed by atoms with Crippen LogP contribution in [0.5, 0.6) is 5.75 Å². The molecule has 0 unspecified atom stereocenters. The van der Waals surface area contributed by atoms with Gasteiger partial charge in [-0.2, -0.15) is 0 Å². The molecule has 2 aliphatic rings. The minimum Gasteiger partial charge on any atom is -0.489 e. The van der Waals surface area contributed by atoms with Crippen LogP contribution in [0.3, 0.4) is 0 Å². The Hall–Kier alpha value is -3.71. The third-order valence-electron chi connectivity index (χ3n) is 7.20. The standard InChI is InChI=1S/C30H30FNO5/c31-25-15-16-27(36-19-20-9-3-1-4-10-20)23-17-26(30(34)35)32(18-24(23)25)29(33)28(21-11-5-2-6-12-21)37-22-13-7-8-14-22/h1-6,9-12,15-16,22,26,28H,7-8,13-14,17-19H2,(H,34,35)/t26-,28-/m0/s1. The van der Waals surface area contributed by atoms with E-state index in [9.17, 15) is 14.7 Å². The minimum absolute atomic E-state index is 0.0524. The number of rotatable bonds is 8. The highest BCUT2D eigenvalue weighted by Crippen LogP contribution is 2.36. The quantitative estimate of drug-likeness (QED) is 0.443. The largest absolute Gasteiger partial charge is 0.489 e. The summed E-state index contributed by atoms with van der Waals surface area (Å²) in [5.41, 5.74) is 2.37. The predicted molar refractivity (Wildman–Crippen MR) is 135 cm³/mol. The number of nitrogens with zero attached hydrogens (tertiary/aromatic N) is 1. The molecule has 192 valence electrons. The van der Waals surface area contributed by atoms with Crippen molar-refractivity contribution in [3.63, 3.8) is 0 Å². The molecular formula is C30H30FNO5. The minimum atomic E-state index is -1.17. The zero-order chi connectivity index (χ0) is 25.8. The lowest BCUT2D eigenvalue weighted by Crippen LogP contribution is -2.51. The number of carbonyl (C=O) groups excluding carboxylic acids is 1. The van der Waals surface area contributed by atoms with E-state index in [2.05, 4.69) is 0 Å². The SMILES string of the molecule is O=C(O)[C@@H]1Cc2c(OCc3ccccc3)ccc(F)c2CN1C(=O)[C@@H](OC1CCCC1)c1ccccc1. The van der Waals surface area contributed by atoms with Gasteiger partial charge in [-0.25, -0.2) is 9.18 Å². The average molecular weight is 504 g/mol. The number of halogens is 1. The first-order valence-corrected chi connectivity index (χ1v) is 12.7. The van der Waals surface area contributed by atoms with E-state index in [1.165, 1.54) is 17.0 Å². The Morgan fingerprint density at radius 2 is 1.62 bits per heavy atom. The van der Waals surface area contributed by atoms with Gasteiger partial charge >= 0.3 is 5.97 Å². The normalized spacial score (nSPS) is 18.3. The predicted octanol–water partition coefficient (Wildman–Crippen LogP) is 5.44. The van der Waals surface area contributed by atoms with Crippen molar-refractivity contribution in [3.05, 3.63) is 101 Å². The van der Waals surface area contributed by atoms with Gasteiger partial charge in [0.2, 0.25) is 0 Å². The molecule has 1 saturated carbocycles. The third-order valence-corrected chi connectivity index (χ3v) is 7.20. The van der Waals surface area contributed by atoms with Crippen LogP contribution in [0.2, 0.25) is 0 Å².